The number of anilines is 1. The fourth-order valence-electron chi connectivity index (χ4n) is 1.97. The van der Waals surface area contributed by atoms with Crippen LogP contribution in [0.2, 0.25) is 0 Å². The Hall–Kier alpha value is -2.04. The molecular weight excluding hydrogens is 268 g/mol. The van der Waals surface area contributed by atoms with Crippen LogP contribution in [-0.4, -0.2) is 25.2 Å². The van der Waals surface area contributed by atoms with Gasteiger partial charge in [0.25, 0.3) is 0 Å². The smallest absolute Gasteiger partial charge is 0.328 e. The van der Waals surface area contributed by atoms with Gasteiger partial charge in [-0.15, -0.1) is 0 Å². The van der Waals surface area contributed by atoms with Crippen molar-refractivity contribution in [2.24, 2.45) is 5.92 Å². The summed E-state index contributed by atoms with van der Waals surface area (Å²) in [4.78, 5) is 23.9. The lowest BCUT2D eigenvalue weighted by atomic mass is 9.99. The van der Waals surface area contributed by atoms with Gasteiger partial charge in [-0.1, -0.05) is 32.4 Å². The average molecular weight is 292 g/mol. The normalized spacial score (nSPS) is 13.2. The van der Waals surface area contributed by atoms with E-state index in [0.717, 1.165) is 23.2 Å². The highest BCUT2D eigenvalue weighted by Crippen LogP contribution is 2.16. The van der Waals surface area contributed by atoms with Crippen molar-refractivity contribution in [2.45, 2.75) is 40.2 Å². The zero-order valence-corrected chi connectivity index (χ0v) is 13.3. The fraction of sp³-hybridized carbons (Fsp3) is 0.500. The van der Waals surface area contributed by atoms with Crippen molar-refractivity contribution in [1.82, 2.24) is 5.32 Å². The third kappa shape index (κ3) is 4.77. The summed E-state index contributed by atoms with van der Waals surface area (Å²) in [5.74, 6) is -0.428. The Balaban J connectivity index is 2.78. The van der Waals surface area contributed by atoms with Gasteiger partial charge in [0.15, 0.2) is 0 Å². The number of amides is 2. The molecule has 0 saturated heterocycles. The first-order valence-electron chi connectivity index (χ1n) is 7.11. The minimum absolute atomic E-state index is 0.00167. The zero-order valence-electron chi connectivity index (χ0n) is 13.3. The second-order valence-corrected chi connectivity index (χ2v) is 5.30. The molecule has 1 aromatic rings. The molecule has 5 heteroatoms. The van der Waals surface area contributed by atoms with E-state index < -0.39 is 18.0 Å². The van der Waals surface area contributed by atoms with Crippen LogP contribution in [0.15, 0.2) is 18.2 Å². The summed E-state index contributed by atoms with van der Waals surface area (Å²) in [5, 5.41) is 5.47. The van der Waals surface area contributed by atoms with Gasteiger partial charge in [0.2, 0.25) is 0 Å². The maximum absolute atomic E-state index is 12.1. The molecule has 2 amide bonds. The van der Waals surface area contributed by atoms with Crippen LogP contribution >= 0.6 is 0 Å². The van der Waals surface area contributed by atoms with Crippen LogP contribution in [0, 0.1) is 19.8 Å². The number of urea groups is 1. The van der Waals surface area contributed by atoms with E-state index in [4.69, 9.17) is 4.74 Å². The molecule has 0 aliphatic rings. The third-order valence-corrected chi connectivity index (χ3v) is 3.60. The maximum atomic E-state index is 12.1. The van der Waals surface area contributed by atoms with Gasteiger partial charge in [0.05, 0.1) is 7.11 Å². The van der Waals surface area contributed by atoms with E-state index in [2.05, 4.69) is 10.6 Å². The van der Waals surface area contributed by atoms with Crippen molar-refractivity contribution >= 4 is 17.7 Å². The molecule has 0 fully saturated rings. The lowest BCUT2D eigenvalue weighted by Crippen LogP contribution is -2.47. The summed E-state index contributed by atoms with van der Waals surface area (Å²) in [6.45, 7) is 7.74. The van der Waals surface area contributed by atoms with Crippen molar-refractivity contribution in [3.8, 4) is 0 Å². The first kappa shape index (κ1) is 17.0. The second kappa shape index (κ2) is 7.67. The van der Waals surface area contributed by atoms with Gasteiger partial charge in [0, 0.05) is 5.69 Å². The van der Waals surface area contributed by atoms with Crippen LogP contribution in [0.1, 0.15) is 31.4 Å². The van der Waals surface area contributed by atoms with Crippen molar-refractivity contribution in [3.05, 3.63) is 29.3 Å². The number of hydrogen-bond acceptors (Lipinski definition) is 3. The van der Waals surface area contributed by atoms with E-state index in [1.165, 1.54) is 7.11 Å². The minimum atomic E-state index is -0.648. The number of methoxy groups -OCH3 is 1. The van der Waals surface area contributed by atoms with Gasteiger partial charge >= 0.3 is 12.0 Å². The number of nitrogens with one attached hydrogen (secondary N) is 2. The van der Waals surface area contributed by atoms with Gasteiger partial charge in [-0.25, -0.2) is 9.59 Å². The number of benzene rings is 1. The Morgan fingerprint density at radius 3 is 2.52 bits per heavy atom. The monoisotopic (exact) mass is 292 g/mol. The van der Waals surface area contributed by atoms with Crippen molar-refractivity contribution < 1.29 is 14.3 Å². The van der Waals surface area contributed by atoms with Crippen LogP contribution in [-0.2, 0) is 9.53 Å². The highest BCUT2D eigenvalue weighted by atomic mass is 16.5. The quantitative estimate of drug-likeness (QED) is 0.820. The summed E-state index contributed by atoms with van der Waals surface area (Å²) in [6, 6.07) is 4.77. The molecule has 0 spiro atoms. The van der Waals surface area contributed by atoms with E-state index in [-0.39, 0.29) is 5.92 Å². The molecule has 0 aromatic heterocycles. The van der Waals surface area contributed by atoms with E-state index in [1.807, 2.05) is 45.9 Å². The molecule has 1 aromatic carbocycles. The van der Waals surface area contributed by atoms with Crippen molar-refractivity contribution in [2.75, 3.05) is 12.4 Å². The van der Waals surface area contributed by atoms with Gasteiger partial charge in [-0.05, 0) is 37.0 Å². The summed E-state index contributed by atoms with van der Waals surface area (Å²) < 4.78 is 4.75. The van der Waals surface area contributed by atoms with Crippen molar-refractivity contribution in [3.63, 3.8) is 0 Å². The Bertz CT molecular complexity index is 514. The molecular formula is C16H24N2O3. The Kier molecular flexibility index (Phi) is 6.21. The van der Waals surface area contributed by atoms with Crippen LogP contribution in [0.5, 0.6) is 0 Å². The Morgan fingerprint density at radius 1 is 1.29 bits per heavy atom. The maximum Gasteiger partial charge on any atom is 0.328 e. The Morgan fingerprint density at radius 2 is 1.95 bits per heavy atom. The number of carbonyl (C=O) groups excluding carboxylic acids is 2. The van der Waals surface area contributed by atoms with Crippen LogP contribution in [0.3, 0.4) is 0 Å². The molecule has 0 aliphatic heterocycles. The summed E-state index contributed by atoms with van der Waals surface area (Å²) in [5.41, 5.74) is 2.76. The Labute approximate surface area is 126 Å². The SMILES string of the molecule is CC[C@@H](C)[C@@H](NC(=O)Nc1cc(C)ccc1C)C(=O)OC. The fourth-order valence-corrected chi connectivity index (χ4v) is 1.97. The van der Waals surface area contributed by atoms with Crippen LogP contribution < -0.4 is 10.6 Å². The number of carbonyl (C=O) groups is 2. The van der Waals surface area contributed by atoms with Gasteiger partial charge in [0.1, 0.15) is 6.04 Å². The number of rotatable bonds is 5. The molecule has 0 saturated carbocycles. The third-order valence-electron chi connectivity index (χ3n) is 3.60. The lowest BCUT2D eigenvalue weighted by Gasteiger charge is -2.22. The lowest BCUT2D eigenvalue weighted by molar-refractivity contribution is -0.144. The average Bonchev–Trinajstić information content (AvgIpc) is 2.47. The zero-order chi connectivity index (χ0) is 16.0. The van der Waals surface area contributed by atoms with E-state index >= 15 is 0 Å². The van der Waals surface area contributed by atoms with Gasteiger partial charge in [-0.2, -0.15) is 0 Å². The number of aryl methyl sites for hydroxylation is 2. The number of hydrogen-bond donors (Lipinski definition) is 2. The molecule has 0 unspecified atom stereocenters. The van der Waals surface area contributed by atoms with E-state index in [1.54, 1.807) is 0 Å². The molecule has 0 aliphatic carbocycles. The number of esters is 1. The summed E-state index contributed by atoms with van der Waals surface area (Å²) in [6.07, 6.45) is 0.767. The molecule has 0 heterocycles. The minimum Gasteiger partial charge on any atom is -0.467 e. The highest BCUT2D eigenvalue weighted by Gasteiger charge is 2.26. The van der Waals surface area contributed by atoms with Gasteiger partial charge in [-0.3, -0.25) is 0 Å². The second-order valence-electron chi connectivity index (χ2n) is 5.30. The summed E-state index contributed by atoms with van der Waals surface area (Å²) in [7, 11) is 1.32. The number of ether oxygens (including phenoxy) is 1. The molecule has 0 bridgehead atoms. The summed E-state index contributed by atoms with van der Waals surface area (Å²) >= 11 is 0. The molecule has 0 radical (unpaired) electrons. The molecule has 21 heavy (non-hydrogen) atoms. The van der Waals surface area contributed by atoms with Crippen LogP contribution in [0.4, 0.5) is 10.5 Å². The first-order chi connectivity index (χ1) is 9.88. The topological polar surface area (TPSA) is 67.4 Å². The predicted octanol–water partition coefficient (Wildman–Crippen LogP) is 3.01. The largest absolute Gasteiger partial charge is 0.467 e. The first-order valence-corrected chi connectivity index (χ1v) is 7.11. The van der Waals surface area contributed by atoms with E-state index in [0.29, 0.717) is 0 Å². The van der Waals surface area contributed by atoms with Crippen molar-refractivity contribution in [1.29, 1.82) is 0 Å². The molecule has 116 valence electrons. The molecule has 2 N–H and O–H groups in total. The van der Waals surface area contributed by atoms with E-state index in [9.17, 15) is 9.59 Å². The highest BCUT2D eigenvalue weighted by molar-refractivity contribution is 5.93. The standard InChI is InChI=1S/C16H24N2O3/c1-6-11(3)14(15(19)21-5)18-16(20)17-13-9-10(2)7-8-12(13)4/h7-9,11,14H,6H2,1-5H3,(H2,17,18,20)/t11-,14-/m1/s1. The van der Waals surface area contributed by atoms with Crippen LogP contribution in [0.25, 0.3) is 0 Å². The molecule has 1 rings (SSSR count). The molecule has 2 atom stereocenters. The van der Waals surface area contributed by atoms with Gasteiger partial charge < -0.3 is 15.4 Å². The molecule has 5 nitrogen and oxygen atoms in total. The predicted molar refractivity (Wildman–Crippen MR) is 83.3 cm³/mol.